The summed E-state index contributed by atoms with van der Waals surface area (Å²) in [5.74, 6) is -0.0940. The van der Waals surface area contributed by atoms with Crippen molar-refractivity contribution in [3.05, 3.63) is 100 Å². The molecular weight excluding hydrogens is 354 g/mol. The Hall–Kier alpha value is -2.58. The van der Waals surface area contributed by atoms with Crippen LogP contribution in [0.25, 0.3) is 0 Å². The quantitative estimate of drug-likeness (QED) is 0.604. The van der Waals surface area contributed by atoms with Crippen LogP contribution in [0.15, 0.2) is 72.8 Å². The average molecular weight is 376 g/mol. The van der Waals surface area contributed by atoms with Crippen molar-refractivity contribution in [2.75, 3.05) is 5.32 Å². The number of rotatable bonds is 4. The number of carbonyl (C=O) groups is 1. The van der Waals surface area contributed by atoms with Gasteiger partial charge in [-0.3, -0.25) is 4.79 Å². The van der Waals surface area contributed by atoms with Crippen molar-refractivity contribution in [1.82, 2.24) is 0 Å². The van der Waals surface area contributed by atoms with Gasteiger partial charge < -0.3 is 5.32 Å². The van der Waals surface area contributed by atoms with E-state index in [1.165, 1.54) is 22.3 Å². The molecule has 1 unspecified atom stereocenters. The molecule has 0 saturated heterocycles. The standard InChI is InChI=1S/C24H22ClNO/c1-16-7-11-18(12-8-16)24(19-13-9-17(2)10-14-19)15-20(24)23(27)26-22-6-4-3-5-21(22)25/h3-14,20H,15H2,1-2H3,(H,26,27). The first-order valence-electron chi connectivity index (χ1n) is 9.20. The van der Waals surface area contributed by atoms with Crippen LogP contribution in [0.4, 0.5) is 5.69 Å². The van der Waals surface area contributed by atoms with E-state index in [-0.39, 0.29) is 17.2 Å². The summed E-state index contributed by atoms with van der Waals surface area (Å²) in [5, 5.41) is 3.58. The van der Waals surface area contributed by atoms with Crippen LogP contribution < -0.4 is 5.32 Å². The number of halogens is 1. The van der Waals surface area contributed by atoms with Crippen LogP contribution in [0.2, 0.25) is 5.02 Å². The molecule has 1 fully saturated rings. The van der Waals surface area contributed by atoms with Gasteiger partial charge in [0.1, 0.15) is 0 Å². The summed E-state index contributed by atoms with van der Waals surface area (Å²) >= 11 is 6.22. The molecule has 3 heteroatoms. The second-order valence-electron chi connectivity index (χ2n) is 7.43. The maximum Gasteiger partial charge on any atom is 0.228 e. The normalized spacial score (nSPS) is 17.4. The van der Waals surface area contributed by atoms with Crippen molar-refractivity contribution >= 4 is 23.2 Å². The number of aryl methyl sites for hydroxylation is 2. The second-order valence-corrected chi connectivity index (χ2v) is 7.84. The lowest BCUT2D eigenvalue weighted by Crippen LogP contribution is -2.22. The Kier molecular flexibility index (Phi) is 4.53. The number of para-hydroxylation sites is 1. The van der Waals surface area contributed by atoms with Crippen LogP contribution in [-0.2, 0) is 10.2 Å². The van der Waals surface area contributed by atoms with E-state index in [2.05, 4.69) is 67.7 Å². The Balaban J connectivity index is 1.69. The van der Waals surface area contributed by atoms with Gasteiger partial charge in [-0.15, -0.1) is 0 Å². The Morgan fingerprint density at radius 1 is 0.889 bits per heavy atom. The molecule has 1 aliphatic rings. The van der Waals surface area contributed by atoms with Gasteiger partial charge in [-0.05, 0) is 43.5 Å². The third-order valence-electron chi connectivity index (χ3n) is 5.54. The molecule has 2 nitrogen and oxygen atoms in total. The molecule has 1 saturated carbocycles. The van der Waals surface area contributed by atoms with Crippen LogP contribution in [0.5, 0.6) is 0 Å². The molecule has 4 rings (SSSR count). The molecule has 3 aromatic rings. The van der Waals surface area contributed by atoms with Crippen LogP contribution in [0.3, 0.4) is 0 Å². The van der Waals surface area contributed by atoms with Crippen molar-refractivity contribution in [3.63, 3.8) is 0 Å². The van der Waals surface area contributed by atoms with E-state index < -0.39 is 0 Å². The Morgan fingerprint density at radius 3 is 1.93 bits per heavy atom. The number of anilines is 1. The Labute approximate surface area is 165 Å². The topological polar surface area (TPSA) is 29.1 Å². The lowest BCUT2D eigenvalue weighted by Gasteiger charge is -2.20. The van der Waals surface area contributed by atoms with Gasteiger partial charge in [-0.2, -0.15) is 0 Å². The lowest BCUT2D eigenvalue weighted by molar-refractivity contribution is -0.117. The second kappa shape index (κ2) is 6.86. The van der Waals surface area contributed by atoms with Gasteiger partial charge in [0.15, 0.2) is 0 Å². The van der Waals surface area contributed by atoms with E-state index in [9.17, 15) is 4.79 Å². The maximum absolute atomic E-state index is 13.1. The predicted molar refractivity (Wildman–Crippen MR) is 111 cm³/mol. The fourth-order valence-electron chi connectivity index (χ4n) is 3.87. The molecule has 0 spiro atoms. The minimum atomic E-state index is -0.271. The molecule has 27 heavy (non-hydrogen) atoms. The monoisotopic (exact) mass is 375 g/mol. The summed E-state index contributed by atoms with van der Waals surface area (Å²) < 4.78 is 0. The highest BCUT2D eigenvalue weighted by molar-refractivity contribution is 6.33. The first-order valence-corrected chi connectivity index (χ1v) is 9.58. The summed E-state index contributed by atoms with van der Waals surface area (Å²) in [6.45, 7) is 4.16. The van der Waals surface area contributed by atoms with Gasteiger partial charge in [-0.25, -0.2) is 0 Å². The van der Waals surface area contributed by atoms with E-state index in [1.54, 1.807) is 6.07 Å². The number of nitrogens with one attached hydrogen (secondary N) is 1. The van der Waals surface area contributed by atoms with Crippen LogP contribution in [0, 0.1) is 19.8 Å². The molecule has 136 valence electrons. The maximum atomic E-state index is 13.1. The van der Waals surface area contributed by atoms with Crippen molar-refractivity contribution in [3.8, 4) is 0 Å². The van der Waals surface area contributed by atoms with Crippen molar-refractivity contribution in [2.24, 2.45) is 5.92 Å². The van der Waals surface area contributed by atoms with E-state index in [0.29, 0.717) is 10.7 Å². The highest BCUT2D eigenvalue weighted by Crippen LogP contribution is 2.59. The third kappa shape index (κ3) is 3.26. The zero-order valence-corrected chi connectivity index (χ0v) is 16.3. The van der Waals surface area contributed by atoms with Gasteiger partial charge in [0, 0.05) is 5.41 Å². The molecule has 0 aromatic heterocycles. The number of benzene rings is 3. The van der Waals surface area contributed by atoms with Gasteiger partial charge in [-0.1, -0.05) is 83.4 Å². The summed E-state index contributed by atoms with van der Waals surface area (Å²) in [6.07, 6.45) is 0.801. The van der Waals surface area contributed by atoms with Crippen LogP contribution in [0.1, 0.15) is 28.7 Å². The molecule has 1 aliphatic carbocycles. The van der Waals surface area contributed by atoms with Gasteiger partial charge in [0.25, 0.3) is 0 Å². The number of amides is 1. The smallest absolute Gasteiger partial charge is 0.228 e. The number of carbonyl (C=O) groups excluding carboxylic acids is 1. The van der Waals surface area contributed by atoms with Crippen molar-refractivity contribution in [2.45, 2.75) is 25.7 Å². The zero-order valence-electron chi connectivity index (χ0n) is 15.5. The largest absolute Gasteiger partial charge is 0.324 e. The lowest BCUT2D eigenvalue weighted by atomic mass is 9.85. The van der Waals surface area contributed by atoms with Gasteiger partial charge in [0.2, 0.25) is 5.91 Å². The third-order valence-corrected chi connectivity index (χ3v) is 5.87. The predicted octanol–water partition coefficient (Wildman–Crippen LogP) is 5.90. The van der Waals surface area contributed by atoms with Crippen LogP contribution in [-0.4, -0.2) is 5.91 Å². The van der Waals surface area contributed by atoms with Gasteiger partial charge in [0.05, 0.1) is 16.6 Å². The average Bonchev–Trinajstić information content (AvgIpc) is 3.42. The van der Waals surface area contributed by atoms with E-state index in [0.717, 1.165) is 6.42 Å². The minimum absolute atomic E-state index is 0.0178. The fourth-order valence-corrected chi connectivity index (χ4v) is 4.05. The van der Waals surface area contributed by atoms with Crippen molar-refractivity contribution in [1.29, 1.82) is 0 Å². The molecule has 0 aliphatic heterocycles. The molecule has 0 radical (unpaired) electrons. The Bertz CT molecular complexity index is 931. The molecule has 0 bridgehead atoms. The van der Waals surface area contributed by atoms with E-state index >= 15 is 0 Å². The first kappa shape index (κ1) is 17.8. The minimum Gasteiger partial charge on any atom is -0.324 e. The summed E-state index contributed by atoms with van der Waals surface area (Å²) in [5.41, 5.74) is 5.21. The number of hydrogen-bond donors (Lipinski definition) is 1. The molecular formula is C24H22ClNO. The number of hydrogen-bond acceptors (Lipinski definition) is 1. The zero-order chi connectivity index (χ0) is 19.0. The molecule has 1 atom stereocenters. The van der Waals surface area contributed by atoms with Crippen molar-refractivity contribution < 1.29 is 4.79 Å². The first-order chi connectivity index (χ1) is 13.0. The SMILES string of the molecule is Cc1ccc(C2(c3ccc(C)cc3)CC2C(=O)Nc2ccccc2Cl)cc1. The molecule has 0 heterocycles. The van der Waals surface area contributed by atoms with Crippen LogP contribution >= 0.6 is 11.6 Å². The summed E-state index contributed by atoms with van der Waals surface area (Å²) in [6, 6.07) is 24.4. The molecule has 3 aromatic carbocycles. The summed E-state index contributed by atoms with van der Waals surface area (Å²) in [7, 11) is 0. The highest BCUT2D eigenvalue weighted by atomic mass is 35.5. The highest BCUT2D eigenvalue weighted by Gasteiger charge is 2.60. The van der Waals surface area contributed by atoms with E-state index in [4.69, 9.17) is 11.6 Å². The van der Waals surface area contributed by atoms with E-state index in [1.807, 2.05) is 18.2 Å². The molecule has 1 N–H and O–H groups in total. The summed E-state index contributed by atoms with van der Waals surface area (Å²) in [4.78, 5) is 13.1. The fraction of sp³-hybridized carbons (Fsp3) is 0.208. The Morgan fingerprint density at radius 2 is 1.41 bits per heavy atom. The van der Waals surface area contributed by atoms with Gasteiger partial charge >= 0.3 is 0 Å². The molecule has 1 amide bonds.